The molecule has 4 heteroatoms. The predicted octanol–water partition coefficient (Wildman–Crippen LogP) is 4.48. The third-order valence-corrected chi connectivity index (χ3v) is 5.64. The fourth-order valence-corrected chi connectivity index (χ4v) is 4.25. The average molecular weight is 361 g/mol. The summed E-state index contributed by atoms with van der Waals surface area (Å²) >= 11 is 0. The van der Waals surface area contributed by atoms with Gasteiger partial charge in [0.25, 0.3) is 0 Å². The minimum absolute atomic E-state index is 0.176. The van der Waals surface area contributed by atoms with E-state index in [0.717, 1.165) is 48.0 Å². The normalized spacial score (nSPS) is 22.9. The molecule has 1 aromatic heterocycles. The van der Waals surface area contributed by atoms with Gasteiger partial charge in [0.1, 0.15) is 0 Å². The maximum atomic E-state index is 12.7. The van der Waals surface area contributed by atoms with Crippen molar-refractivity contribution >= 4 is 17.8 Å². The van der Waals surface area contributed by atoms with Crippen molar-refractivity contribution in [3.05, 3.63) is 58.9 Å². The third-order valence-electron chi connectivity index (χ3n) is 5.64. The molecule has 0 unspecified atom stereocenters. The van der Waals surface area contributed by atoms with Crippen LogP contribution in [0.4, 0.5) is 5.95 Å². The molecule has 27 heavy (non-hydrogen) atoms. The van der Waals surface area contributed by atoms with Crippen LogP contribution in [0.15, 0.2) is 36.4 Å². The van der Waals surface area contributed by atoms with E-state index in [4.69, 9.17) is 4.98 Å². The van der Waals surface area contributed by atoms with Gasteiger partial charge in [-0.05, 0) is 43.6 Å². The molecule has 140 valence electrons. The number of carbonyl (C=O) groups is 1. The molecule has 0 bridgehead atoms. The number of ketones is 1. The Morgan fingerprint density at radius 1 is 1.15 bits per heavy atom. The smallest absolute Gasteiger partial charge is 0.225 e. The Balaban J connectivity index is 1.58. The Morgan fingerprint density at radius 3 is 2.74 bits per heavy atom. The first-order valence-corrected chi connectivity index (χ1v) is 9.99. The van der Waals surface area contributed by atoms with Crippen LogP contribution in [0.25, 0.3) is 6.08 Å². The number of fused-ring (bicyclic) bond motifs is 1. The zero-order valence-corrected chi connectivity index (χ0v) is 16.2. The summed E-state index contributed by atoms with van der Waals surface area (Å²) in [6, 6.07) is 10.2. The van der Waals surface area contributed by atoms with Crippen LogP contribution in [0.1, 0.15) is 53.5 Å². The van der Waals surface area contributed by atoms with Crippen LogP contribution >= 0.6 is 0 Å². The van der Waals surface area contributed by atoms with Gasteiger partial charge in [-0.15, -0.1) is 0 Å². The van der Waals surface area contributed by atoms with Gasteiger partial charge in [-0.3, -0.25) is 4.79 Å². The lowest BCUT2D eigenvalue weighted by Gasteiger charge is -2.32. The van der Waals surface area contributed by atoms with E-state index >= 15 is 0 Å². The van der Waals surface area contributed by atoms with Crippen molar-refractivity contribution in [2.45, 2.75) is 39.5 Å². The van der Waals surface area contributed by atoms with Gasteiger partial charge in [-0.1, -0.05) is 49.4 Å². The van der Waals surface area contributed by atoms with E-state index in [1.807, 2.05) is 25.1 Å². The molecule has 0 amide bonds. The monoisotopic (exact) mass is 361 g/mol. The average Bonchev–Trinajstić information content (AvgIpc) is 2.66. The highest BCUT2D eigenvalue weighted by Crippen LogP contribution is 2.30. The minimum atomic E-state index is 0.176. The van der Waals surface area contributed by atoms with E-state index in [1.54, 1.807) is 0 Å². The maximum absolute atomic E-state index is 12.7. The van der Waals surface area contributed by atoms with Crippen molar-refractivity contribution in [1.29, 1.82) is 0 Å². The van der Waals surface area contributed by atoms with Crippen LogP contribution in [-0.4, -0.2) is 28.8 Å². The first-order valence-electron chi connectivity index (χ1n) is 9.99. The van der Waals surface area contributed by atoms with Gasteiger partial charge in [-0.25, -0.2) is 9.97 Å². The van der Waals surface area contributed by atoms with Crippen molar-refractivity contribution in [3.63, 3.8) is 0 Å². The lowest BCUT2D eigenvalue weighted by atomic mass is 9.85. The molecule has 0 saturated carbocycles. The van der Waals surface area contributed by atoms with Gasteiger partial charge in [0.2, 0.25) is 5.95 Å². The van der Waals surface area contributed by atoms with Gasteiger partial charge in [0.15, 0.2) is 5.78 Å². The van der Waals surface area contributed by atoms with Crippen LogP contribution in [0.5, 0.6) is 0 Å². The molecule has 1 aliphatic carbocycles. The molecule has 2 atom stereocenters. The fourth-order valence-electron chi connectivity index (χ4n) is 4.25. The van der Waals surface area contributed by atoms with E-state index in [9.17, 15) is 4.79 Å². The molecule has 2 heterocycles. The molecule has 1 saturated heterocycles. The highest BCUT2D eigenvalue weighted by Gasteiger charge is 2.29. The molecule has 2 aromatic rings. The maximum Gasteiger partial charge on any atom is 0.225 e. The zero-order valence-electron chi connectivity index (χ0n) is 16.2. The van der Waals surface area contributed by atoms with Crippen molar-refractivity contribution in [1.82, 2.24) is 9.97 Å². The number of benzene rings is 1. The topological polar surface area (TPSA) is 46.1 Å². The molecule has 4 nitrogen and oxygen atoms in total. The number of nitrogens with zero attached hydrogens (tertiary/aromatic N) is 3. The van der Waals surface area contributed by atoms with Crippen LogP contribution in [0, 0.1) is 18.8 Å². The van der Waals surface area contributed by atoms with Crippen LogP contribution in [-0.2, 0) is 6.42 Å². The van der Waals surface area contributed by atoms with Gasteiger partial charge in [-0.2, -0.15) is 0 Å². The van der Waals surface area contributed by atoms with Crippen molar-refractivity contribution < 1.29 is 4.79 Å². The number of Topliss-reactive ketones (excluding diaryl/α,β-unsaturated/α-hetero) is 1. The number of hydrogen-bond donors (Lipinski definition) is 0. The quantitative estimate of drug-likeness (QED) is 0.809. The number of carbonyl (C=O) groups excluding carboxylic acids is 1. The van der Waals surface area contributed by atoms with Crippen molar-refractivity contribution in [2.24, 2.45) is 11.8 Å². The van der Waals surface area contributed by atoms with Gasteiger partial charge in [0.05, 0.1) is 17.0 Å². The molecular formula is C23H27N3O. The standard InChI is InChI=1S/C23H27N3O/c1-16-7-6-12-26(15-16)23-24-17(2)22-20(25-23)13-19(14-21(22)27)11-10-18-8-4-3-5-9-18/h3-5,8-11,16,19H,6-7,12-15H2,1-2H3/b11-10+/t16-,19+/m0/s1. The minimum Gasteiger partial charge on any atom is -0.341 e. The van der Waals surface area contributed by atoms with Crippen molar-refractivity contribution in [2.75, 3.05) is 18.0 Å². The van der Waals surface area contributed by atoms with E-state index < -0.39 is 0 Å². The van der Waals surface area contributed by atoms with Crippen molar-refractivity contribution in [3.8, 4) is 0 Å². The van der Waals surface area contributed by atoms with E-state index in [1.165, 1.54) is 12.8 Å². The summed E-state index contributed by atoms with van der Waals surface area (Å²) in [5.74, 6) is 1.85. The zero-order chi connectivity index (χ0) is 18.8. The van der Waals surface area contributed by atoms with Crippen LogP contribution in [0.3, 0.4) is 0 Å². The second-order valence-electron chi connectivity index (χ2n) is 7.99. The van der Waals surface area contributed by atoms with Gasteiger partial charge >= 0.3 is 0 Å². The molecule has 1 aliphatic heterocycles. The lowest BCUT2D eigenvalue weighted by Crippen LogP contribution is -2.36. The molecule has 1 aromatic carbocycles. The molecule has 0 radical (unpaired) electrons. The summed E-state index contributed by atoms with van der Waals surface area (Å²) in [5, 5.41) is 0. The second kappa shape index (κ2) is 7.63. The largest absolute Gasteiger partial charge is 0.341 e. The number of rotatable bonds is 3. The van der Waals surface area contributed by atoms with E-state index in [-0.39, 0.29) is 11.7 Å². The highest BCUT2D eigenvalue weighted by atomic mass is 16.1. The summed E-state index contributed by atoms with van der Waals surface area (Å²) in [6.45, 7) is 6.25. The molecule has 1 fully saturated rings. The summed E-state index contributed by atoms with van der Waals surface area (Å²) in [7, 11) is 0. The number of aryl methyl sites for hydroxylation is 1. The number of anilines is 1. The van der Waals surface area contributed by atoms with Gasteiger partial charge in [0, 0.05) is 19.5 Å². The summed E-state index contributed by atoms with van der Waals surface area (Å²) < 4.78 is 0. The molecule has 2 aliphatic rings. The first-order chi connectivity index (χ1) is 13.1. The number of aromatic nitrogens is 2. The number of allylic oxidation sites excluding steroid dienone is 1. The molecular weight excluding hydrogens is 334 g/mol. The van der Waals surface area contributed by atoms with Crippen LogP contribution < -0.4 is 4.90 Å². The second-order valence-corrected chi connectivity index (χ2v) is 7.99. The lowest BCUT2D eigenvalue weighted by molar-refractivity contribution is 0.0956. The first kappa shape index (κ1) is 17.9. The Kier molecular flexibility index (Phi) is 5.06. The van der Waals surface area contributed by atoms with Gasteiger partial charge < -0.3 is 4.90 Å². The van der Waals surface area contributed by atoms with E-state index in [0.29, 0.717) is 12.3 Å². The van der Waals surface area contributed by atoms with E-state index in [2.05, 4.69) is 41.1 Å². The third kappa shape index (κ3) is 3.95. The fraction of sp³-hybridized carbons (Fsp3) is 0.435. The Bertz CT molecular complexity index is 859. The Labute approximate surface area is 161 Å². The molecule has 0 N–H and O–H groups in total. The summed E-state index contributed by atoms with van der Waals surface area (Å²) in [5.41, 5.74) is 3.68. The summed E-state index contributed by atoms with van der Waals surface area (Å²) in [4.78, 5) is 24.6. The Morgan fingerprint density at radius 2 is 1.96 bits per heavy atom. The molecule has 4 rings (SSSR count). The number of piperidine rings is 1. The number of hydrogen-bond acceptors (Lipinski definition) is 4. The van der Waals surface area contributed by atoms with Crippen LogP contribution in [0.2, 0.25) is 0 Å². The Hall–Kier alpha value is -2.49. The SMILES string of the molecule is Cc1nc(N2CCC[C@H](C)C2)nc2c1C(=O)C[C@H](/C=C/c1ccccc1)C2. The highest BCUT2D eigenvalue weighted by molar-refractivity contribution is 5.99. The predicted molar refractivity (Wildman–Crippen MR) is 109 cm³/mol. The summed E-state index contributed by atoms with van der Waals surface area (Å²) in [6.07, 6.45) is 8.08. The molecule has 0 spiro atoms.